The molecule has 0 unspecified atom stereocenters. The highest BCUT2D eigenvalue weighted by Crippen LogP contribution is 2.37. The van der Waals surface area contributed by atoms with Crippen LogP contribution in [0.15, 0.2) is 47.1 Å². The third kappa shape index (κ3) is 1.71. The van der Waals surface area contributed by atoms with Crippen LogP contribution in [-0.4, -0.2) is 20.9 Å². The predicted octanol–water partition coefficient (Wildman–Crippen LogP) is 2.93. The number of aryl methyl sites for hydroxylation is 1. The number of fused-ring (bicyclic) bond motifs is 3. The van der Waals surface area contributed by atoms with Crippen LogP contribution in [0.3, 0.4) is 0 Å². The average Bonchev–Trinajstić information content (AvgIpc) is 3.11. The van der Waals surface area contributed by atoms with Crippen LogP contribution in [0.25, 0.3) is 16.9 Å². The number of furan rings is 1. The Kier molecular flexibility index (Phi) is 2.47. The lowest BCUT2D eigenvalue weighted by Crippen LogP contribution is -2.06. The van der Waals surface area contributed by atoms with Crippen molar-refractivity contribution >= 4 is 5.97 Å². The van der Waals surface area contributed by atoms with E-state index in [0.717, 1.165) is 28.3 Å². The molecule has 0 amide bonds. The van der Waals surface area contributed by atoms with Crippen molar-refractivity contribution in [2.24, 2.45) is 0 Å². The number of hydrogen-bond acceptors (Lipinski definition) is 3. The highest BCUT2D eigenvalue weighted by Gasteiger charge is 2.30. The first kappa shape index (κ1) is 12.0. The van der Waals surface area contributed by atoms with Crippen LogP contribution in [0.1, 0.15) is 21.8 Å². The lowest BCUT2D eigenvalue weighted by atomic mass is 9.94. The van der Waals surface area contributed by atoms with Gasteiger partial charge in [0.2, 0.25) is 0 Å². The van der Waals surface area contributed by atoms with E-state index in [-0.39, 0.29) is 5.69 Å². The molecule has 1 N–H and O–H groups in total. The van der Waals surface area contributed by atoms with E-state index in [9.17, 15) is 9.90 Å². The van der Waals surface area contributed by atoms with Crippen molar-refractivity contribution in [1.29, 1.82) is 0 Å². The van der Waals surface area contributed by atoms with Gasteiger partial charge in [0.15, 0.2) is 5.69 Å². The summed E-state index contributed by atoms with van der Waals surface area (Å²) in [5, 5.41) is 13.7. The third-order valence-electron chi connectivity index (χ3n) is 3.79. The number of carboxylic acids is 1. The molecule has 104 valence electrons. The van der Waals surface area contributed by atoms with Gasteiger partial charge < -0.3 is 9.52 Å². The minimum absolute atomic E-state index is 0.126. The second-order valence-electron chi connectivity index (χ2n) is 4.99. The number of aromatic nitrogens is 2. The van der Waals surface area contributed by atoms with Gasteiger partial charge in [0.25, 0.3) is 0 Å². The van der Waals surface area contributed by atoms with E-state index in [1.165, 1.54) is 0 Å². The highest BCUT2D eigenvalue weighted by molar-refractivity contribution is 5.90. The summed E-state index contributed by atoms with van der Waals surface area (Å²) in [5.74, 6) is -0.107. The van der Waals surface area contributed by atoms with Crippen LogP contribution >= 0.6 is 0 Å². The van der Waals surface area contributed by atoms with Crippen LogP contribution in [0.4, 0.5) is 0 Å². The lowest BCUT2D eigenvalue weighted by Gasteiger charge is -2.14. The predicted molar refractivity (Wildman–Crippen MR) is 75.6 cm³/mol. The van der Waals surface area contributed by atoms with Gasteiger partial charge in [-0.1, -0.05) is 18.2 Å². The Balaban J connectivity index is 2.04. The molecule has 1 aromatic carbocycles. The molecule has 1 aliphatic carbocycles. The Hall–Kier alpha value is -2.82. The number of aromatic carboxylic acids is 1. The zero-order valence-corrected chi connectivity index (χ0v) is 11.1. The summed E-state index contributed by atoms with van der Waals surface area (Å²) >= 11 is 0. The van der Waals surface area contributed by atoms with E-state index in [1.807, 2.05) is 36.4 Å². The quantitative estimate of drug-likeness (QED) is 0.783. The number of carboxylic acid groups (broad SMARTS) is 1. The van der Waals surface area contributed by atoms with Crippen LogP contribution in [0, 0.1) is 0 Å². The molecule has 3 aromatic rings. The Morgan fingerprint density at radius 1 is 1.19 bits per heavy atom. The fourth-order valence-electron chi connectivity index (χ4n) is 2.88. The molecule has 21 heavy (non-hydrogen) atoms. The number of hydrogen-bond donors (Lipinski definition) is 1. The molecule has 0 fully saturated rings. The number of rotatable bonds is 2. The summed E-state index contributed by atoms with van der Waals surface area (Å²) in [4.78, 5) is 11.5. The van der Waals surface area contributed by atoms with E-state index >= 15 is 0 Å². The molecule has 0 aliphatic heterocycles. The number of nitrogens with zero attached hydrogens (tertiary/aromatic N) is 2. The maximum atomic E-state index is 11.5. The molecular weight excluding hydrogens is 268 g/mol. The molecule has 0 spiro atoms. The van der Waals surface area contributed by atoms with Crippen LogP contribution < -0.4 is 0 Å². The van der Waals surface area contributed by atoms with Crippen molar-refractivity contribution in [2.45, 2.75) is 12.8 Å². The van der Waals surface area contributed by atoms with Gasteiger partial charge in [-0.3, -0.25) is 0 Å². The minimum Gasteiger partial charge on any atom is -0.476 e. The van der Waals surface area contributed by atoms with Gasteiger partial charge in [-0.15, -0.1) is 0 Å². The van der Waals surface area contributed by atoms with Crippen molar-refractivity contribution < 1.29 is 14.3 Å². The van der Waals surface area contributed by atoms with Crippen molar-refractivity contribution in [3.63, 3.8) is 0 Å². The molecule has 0 saturated carbocycles. The summed E-state index contributed by atoms with van der Waals surface area (Å²) in [5.41, 5.74) is 3.50. The molecule has 0 bridgehead atoms. The summed E-state index contributed by atoms with van der Waals surface area (Å²) in [7, 11) is 0. The van der Waals surface area contributed by atoms with E-state index in [2.05, 4.69) is 5.10 Å². The third-order valence-corrected chi connectivity index (χ3v) is 3.79. The summed E-state index contributed by atoms with van der Waals surface area (Å²) in [6.45, 7) is 0. The minimum atomic E-state index is -0.993. The molecule has 0 radical (unpaired) electrons. The monoisotopic (exact) mass is 280 g/mol. The average molecular weight is 280 g/mol. The topological polar surface area (TPSA) is 68.3 Å². The van der Waals surface area contributed by atoms with Gasteiger partial charge in [-0.05, 0) is 24.6 Å². The Bertz CT molecular complexity index is 831. The van der Waals surface area contributed by atoms with E-state index < -0.39 is 5.97 Å². The standard InChI is InChI=1S/C16H12N2O3/c19-16(20)14-12-6-7-13-11(8-9-21-13)15(12)18(17-14)10-4-2-1-3-5-10/h1-5,8-9H,6-7H2,(H,19,20). The van der Waals surface area contributed by atoms with Crippen LogP contribution in [0.2, 0.25) is 0 Å². The first-order chi connectivity index (χ1) is 10.3. The second-order valence-corrected chi connectivity index (χ2v) is 4.99. The maximum absolute atomic E-state index is 11.5. The van der Waals surface area contributed by atoms with E-state index in [0.29, 0.717) is 12.8 Å². The van der Waals surface area contributed by atoms with Gasteiger partial charge in [0, 0.05) is 17.5 Å². The normalized spacial score (nSPS) is 12.8. The number of carbonyl (C=O) groups is 1. The van der Waals surface area contributed by atoms with Gasteiger partial charge >= 0.3 is 5.97 Å². The Morgan fingerprint density at radius 2 is 2.00 bits per heavy atom. The smallest absolute Gasteiger partial charge is 0.356 e. The van der Waals surface area contributed by atoms with Crippen molar-refractivity contribution in [2.75, 3.05) is 0 Å². The van der Waals surface area contributed by atoms with Crippen molar-refractivity contribution in [3.8, 4) is 16.9 Å². The molecule has 2 aromatic heterocycles. The maximum Gasteiger partial charge on any atom is 0.356 e. The first-order valence-corrected chi connectivity index (χ1v) is 6.73. The zero-order valence-electron chi connectivity index (χ0n) is 11.1. The van der Waals surface area contributed by atoms with Gasteiger partial charge in [0.05, 0.1) is 17.6 Å². The van der Waals surface area contributed by atoms with Gasteiger partial charge in [-0.25, -0.2) is 9.48 Å². The molecule has 1 aliphatic rings. The van der Waals surface area contributed by atoms with Crippen LogP contribution in [0.5, 0.6) is 0 Å². The van der Waals surface area contributed by atoms with Crippen LogP contribution in [-0.2, 0) is 12.8 Å². The molecule has 4 rings (SSSR count). The molecule has 0 saturated heterocycles. The molecule has 0 atom stereocenters. The lowest BCUT2D eigenvalue weighted by molar-refractivity contribution is 0.0688. The molecule has 5 heteroatoms. The molecular formula is C16H12N2O3. The van der Waals surface area contributed by atoms with E-state index in [1.54, 1.807) is 10.9 Å². The second kappa shape index (κ2) is 4.34. The zero-order chi connectivity index (χ0) is 14.4. The SMILES string of the molecule is O=C(O)c1nn(-c2ccccc2)c2c1CCc1occc1-2. The summed E-state index contributed by atoms with van der Waals surface area (Å²) in [6, 6.07) is 11.4. The first-order valence-electron chi connectivity index (χ1n) is 6.73. The summed E-state index contributed by atoms with van der Waals surface area (Å²) < 4.78 is 7.19. The fraction of sp³-hybridized carbons (Fsp3) is 0.125. The van der Waals surface area contributed by atoms with Crippen molar-refractivity contribution in [1.82, 2.24) is 9.78 Å². The van der Waals surface area contributed by atoms with Crippen molar-refractivity contribution in [3.05, 3.63) is 59.7 Å². The largest absolute Gasteiger partial charge is 0.476 e. The fourth-order valence-corrected chi connectivity index (χ4v) is 2.88. The molecule has 5 nitrogen and oxygen atoms in total. The van der Waals surface area contributed by atoms with Gasteiger partial charge in [-0.2, -0.15) is 5.10 Å². The molecule has 2 heterocycles. The summed E-state index contributed by atoms with van der Waals surface area (Å²) in [6.07, 6.45) is 2.98. The highest BCUT2D eigenvalue weighted by atomic mass is 16.4. The van der Waals surface area contributed by atoms with Gasteiger partial charge in [0.1, 0.15) is 5.76 Å². The van der Waals surface area contributed by atoms with E-state index in [4.69, 9.17) is 4.42 Å². The Labute approximate surface area is 120 Å². The number of para-hydroxylation sites is 1. The number of benzene rings is 1. The Morgan fingerprint density at radius 3 is 2.76 bits per heavy atom.